The van der Waals surface area contributed by atoms with Gasteiger partial charge in [0.1, 0.15) is 11.4 Å². The molecule has 0 aliphatic carbocycles. The minimum absolute atomic E-state index is 0.255. The van der Waals surface area contributed by atoms with Gasteiger partial charge in [0.15, 0.2) is 0 Å². The van der Waals surface area contributed by atoms with Crippen LogP contribution in [0.3, 0.4) is 0 Å². The van der Waals surface area contributed by atoms with Crippen molar-refractivity contribution in [3.8, 4) is 5.75 Å². The maximum absolute atomic E-state index is 12.5. The summed E-state index contributed by atoms with van der Waals surface area (Å²) in [4.78, 5) is 30.8. The van der Waals surface area contributed by atoms with Crippen molar-refractivity contribution >= 4 is 11.8 Å². The Bertz CT molecular complexity index is 828. The number of benzene rings is 2. The Hall–Kier alpha value is -2.66. The van der Waals surface area contributed by atoms with Crippen LogP contribution in [0.15, 0.2) is 48.5 Å². The molecule has 5 heteroatoms. The lowest BCUT2D eigenvalue weighted by molar-refractivity contribution is -0.172. The van der Waals surface area contributed by atoms with Crippen molar-refractivity contribution in [3.63, 3.8) is 0 Å². The fourth-order valence-electron chi connectivity index (χ4n) is 3.05. The highest BCUT2D eigenvalue weighted by molar-refractivity contribution is 6.20. The molecule has 0 radical (unpaired) electrons. The van der Waals surface area contributed by atoms with Crippen molar-refractivity contribution in [3.05, 3.63) is 65.2 Å². The highest BCUT2D eigenvalue weighted by atomic mass is 16.7. The lowest BCUT2D eigenvalue weighted by Gasteiger charge is -2.29. The zero-order chi connectivity index (χ0) is 19.8. The van der Waals surface area contributed by atoms with E-state index in [1.165, 1.54) is 0 Å². The van der Waals surface area contributed by atoms with E-state index in [0.717, 1.165) is 16.4 Å². The van der Waals surface area contributed by atoms with E-state index in [-0.39, 0.29) is 5.60 Å². The summed E-state index contributed by atoms with van der Waals surface area (Å²) < 4.78 is 5.83. The van der Waals surface area contributed by atoms with Gasteiger partial charge in [-0.2, -0.15) is 0 Å². The average Bonchev–Trinajstić information content (AvgIpc) is 2.80. The van der Waals surface area contributed by atoms with E-state index in [1.807, 2.05) is 58.9 Å². The molecular formula is C22H25NO4. The number of amides is 2. The Morgan fingerprint density at radius 2 is 1.33 bits per heavy atom. The Labute approximate surface area is 159 Å². The van der Waals surface area contributed by atoms with Gasteiger partial charge in [-0.1, -0.05) is 24.3 Å². The van der Waals surface area contributed by atoms with Crippen molar-refractivity contribution in [2.75, 3.05) is 0 Å². The van der Waals surface area contributed by atoms with Crippen LogP contribution in [0.5, 0.6) is 5.75 Å². The highest BCUT2D eigenvalue weighted by Gasteiger charge is 2.39. The Morgan fingerprint density at radius 1 is 0.815 bits per heavy atom. The molecule has 0 spiro atoms. The average molecular weight is 367 g/mol. The Balaban J connectivity index is 1.69. The summed E-state index contributed by atoms with van der Waals surface area (Å²) in [5.41, 5.74) is 0.789. The number of carbonyl (C=O) groups is 2. The van der Waals surface area contributed by atoms with Crippen LogP contribution in [-0.4, -0.2) is 28.1 Å². The van der Waals surface area contributed by atoms with Crippen LogP contribution in [0, 0.1) is 0 Å². The quantitative estimate of drug-likeness (QED) is 0.735. The Morgan fingerprint density at radius 3 is 1.81 bits per heavy atom. The SMILES string of the molecule is CC(C)(C)Oc1ccc(CC(C)(C)ON2C(=O)c3ccccc3C2=O)cc1. The zero-order valence-electron chi connectivity index (χ0n) is 16.4. The van der Waals surface area contributed by atoms with E-state index >= 15 is 0 Å². The van der Waals surface area contributed by atoms with Crippen molar-refractivity contribution in [2.24, 2.45) is 0 Å². The van der Waals surface area contributed by atoms with Crippen LogP contribution in [0.4, 0.5) is 0 Å². The van der Waals surface area contributed by atoms with Crippen LogP contribution in [-0.2, 0) is 11.3 Å². The number of hydroxylamine groups is 2. The highest BCUT2D eigenvalue weighted by Crippen LogP contribution is 2.28. The third-order valence-electron chi connectivity index (χ3n) is 4.07. The van der Waals surface area contributed by atoms with Crippen LogP contribution >= 0.6 is 0 Å². The van der Waals surface area contributed by atoms with Gasteiger partial charge in [-0.25, -0.2) is 0 Å². The number of ether oxygens (including phenoxy) is 1. The molecule has 1 aliphatic heterocycles. The second-order valence-electron chi connectivity index (χ2n) is 8.34. The maximum atomic E-state index is 12.5. The number of hydrogen-bond donors (Lipinski definition) is 0. The summed E-state index contributed by atoms with van der Waals surface area (Å²) in [7, 11) is 0. The molecule has 0 fully saturated rings. The molecule has 1 aliphatic rings. The second-order valence-corrected chi connectivity index (χ2v) is 8.34. The molecule has 2 aromatic rings. The largest absolute Gasteiger partial charge is 0.488 e. The number of fused-ring (bicyclic) bond motifs is 1. The maximum Gasteiger partial charge on any atom is 0.285 e. The molecule has 27 heavy (non-hydrogen) atoms. The number of carbonyl (C=O) groups excluding carboxylic acids is 2. The summed E-state index contributed by atoms with van der Waals surface area (Å²) in [5.74, 6) is -0.0412. The predicted molar refractivity (Wildman–Crippen MR) is 103 cm³/mol. The van der Waals surface area contributed by atoms with Gasteiger partial charge < -0.3 is 4.74 Å². The standard InChI is InChI=1S/C22H25NO4/c1-21(2,3)26-16-12-10-15(11-13-16)14-22(4,5)27-23-19(24)17-8-6-7-9-18(17)20(23)25/h6-13H,14H2,1-5H3. The molecule has 2 amide bonds. The van der Waals surface area contributed by atoms with Crippen LogP contribution in [0.1, 0.15) is 60.9 Å². The minimum atomic E-state index is -0.736. The lowest BCUT2D eigenvalue weighted by Crippen LogP contribution is -2.40. The fraction of sp³-hybridized carbons (Fsp3) is 0.364. The van der Waals surface area contributed by atoms with Gasteiger partial charge in [0, 0.05) is 6.42 Å². The third kappa shape index (κ3) is 4.37. The van der Waals surface area contributed by atoms with Gasteiger partial charge in [-0.05, 0) is 64.4 Å². The molecule has 0 saturated heterocycles. The number of nitrogens with zero attached hydrogens (tertiary/aromatic N) is 1. The summed E-state index contributed by atoms with van der Waals surface area (Å²) in [6, 6.07) is 14.5. The molecular weight excluding hydrogens is 342 g/mol. The third-order valence-corrected chi connectivity index (χ3v) is 4.07. The first-order chi connectivity index (χ1) is 12.6. The van der Waals surface area contributed by atoms with Gasteiger partial charge in [0.2, 0.25) is 0 Å². The molecule has 5 nitrogen and oxygen atoms in total. The van der Waals surface area contributed by atoms with Crippen molar-refractivity contribution in [1.29, 1.82) is 0 Å². The van der Waals surface area contributed by atoms with Crippen molar-refractivity contribution in [1.82, 2.24) is 5.06 Å². The van der Waals surface area contributed by atoms with Gasteiger partial charge in [0.05, 0.1) is 16.7 Å². The van der Waals surface area contributed by atoms with Crippen LogP contribution < -0.4 is 4.74 Å². The smallest absolute Gasteiger partial charge is 0.285 e. The van der Waals surface area contributed by atoms with Crippen molar-refractivity contribution in [2.45, 2.75) is 52.2 Å². The topological polar surface area (TPSA) is 55.8 Å². The first-order valence-electron chi connectivity index (χ1n) is 9.01. The first kappa shape index (κ1) is 19.1. The normalized spacial score (nSPS) is 14.5. The summed E-state index contributed by atoms with van der Waals surface area (Å²) >= 11 is 0. The number of imide groups is 1. The zero-order valence-corrected chi connectivity index (χ0v) is 16.4. The van der Waals surface area contributed by atoms with Gasteiger partial charge in [-0.3, -0.25) is 14.4 Å². The molecule has 0 atom stereocenters. The van der Waals surface area contributed by atoms with Gasteiger partial charge >= 0.3 is 0 Å². The van der Waals surface area contributed by atoms with E-state index in [9.17, 15) is 9.59 Å². The molecule has 0 bridgehead atoms. The van der Waals surface area contributed by atoms with Gasteiger partial charge in [0.25, 0.3) is 11.8 Å². The monoisotopic (exact) mass is 367 g/mol. The molecule has 0 unspecified atom stereocenters. The summed E-state index contributed by atoms with van der Waals surface area (Å²) in [6.45, 7) is 9.71. The molecule has 2 aromatic carbocycles. The molecule has 3 rings (SSSR count). The van der Waals surface area contributed by atoms with E-state index in [4.69, 9.17) is 9.57 Å². The Kier molecular flexibility index (Phi) is 4.82. The van der Waals surface area contributed by atoms with E-state index in [1.54, 1.807) is 24.3 Å². The van der Waals surface area contributed by atoms with E-state index in [2.05, 4.69) is 0 Å². The van der Waals surface area contributed by atoms with Crippen LogP contribution in [0.25, 0.3) is 0 Å². The number of hydrogen-bond acceptors (Lipinski definition) is 4. The minimum Gasteiger partial charge on any atom is -0.488 e. The van der Waals surface area contributed by atoms with E-state index < -0.39 is 17.4 Å². The molecule has 0 saturated carbocycles. The first-order valence-corrected chi connectivity index (χ1v) is 9.01. The van der Waals surface area contributed by atoms with Crippen LogP contribution in [0.2, 0.25) is 0 Å². The fourth-order valence-corrected chi connectivity index (χ4v) is 3.05. The summed E-state index contributed by atoms with van der Waals surface area (Å²) in [6.07, 6.45) is 0.538. The predicted octanol–water partition coefficient (Wildman–Crippen LogP) is 4.41. The number of rotatable bonds is 5. The lowest BCUT2D eigenvalue weighted by atomic mass is 9.98. The van der Waals surface area contributed by atoms with E-state index in [0.29, 0.717) is 17.5 Å². The molecule has 142 valence electrons. The van der Waals surface area contributed by atoms with Crippen molar-refractivity contribution < 1.29 is 19.2 Å². The molecule has 0 N–H and O–H groups in total. The molecule has 0 aromatic heterocycles. The molecule has 1 heterocycles. The summed E-state index contributed by atoms with van der Waals surface area (Å²) in [5, 5.41) is 0.877. The van der Waals surface area contributed by atoms with Gasteiger partial charge in [-0.15, -0.1) is 5.06 Å². The second kappa shape index (κ2) is 6.82.